The normalized spacial score (nSPS) is 12.7. The molecule has 0 amide bonds. The number of ketones is 1. The Morgan fingerprint density at radius 1 is 1.21 bits per heavy atom. The lowest BCUT2D eigenvalue weighted by Gasteiger charge is -2.19. The molecule has 0 spiro atoms. The van der Waals surface area contributed by atoms with Gasteiger partial charge in [0.25, 0.3) is 0 Å². The highest BCUT2D eigenvalue weighted by Crippen LogP contribution is 2.14. The molecule has 0 saturated carbocycles. The molecular formula is C16H28O3. The van der Waals surface area contributed by atoms with Crippen LogP contribution in [0.15, 0.2) is 11.6 Å². The van der Waals surface area contributed by atoms with E-state index in [1.807, 2.05) is 6.92 Å². The van der Waals surface area contributed by atoms with Crippen LogP contribution in [0, 0.1) is 5.92 Å². The van der Waals surface area contributed by atoms with E-state index in [2.05, 4.69) is 19.9 Å². The van der Waals surface area contributed by atoms with E-state index >= 15 is 0 Å². The van der Waals surface area contributed by atoms with Crippen molar-refractivity contribution in [3.05, 3.63) is 11.6 Å². The number of carbonyl (C=O) groups excluding carboxylic acids is 2. The molecule has 3 heteroatoms. The largest absolute Gasteiger partial charge is 0.460 e. The molecule has 0 aliphatic carbocycles. The number of rotatable bonds is 7. The number of Topliss-reactive ketones (excluding diaryl/α,β-unsaturated/α-hetero) is 1. The molecule has 0 rings (SSSR count). The fourth-order valence-corrected chi connectivity index (χ4v) is 1.76. The minimum absolute atomic E-state index is 0.0287. The first kappa shape index (κ1) is 17.9. The summed E-state index contributed by atoms with van der Waals surface area (Å²) in [6, 6.07) is 0. The predicted molar refractivity (Wildman–Crippen MR) is 77.9 cm³/mol. The first-order valence-corrected chi connectivity index (χ1v) is 6.97. The maximum atomic E-state index is 11.7. The zero-order chi connectivity index (χ0) is 15.1. The second-order valence-corrected chi connectivity index (χ2v) is 6.47. The van der Waals surface area contributed by atoms with Gasteiger partial charge >= 0.3 is 5.97 Å². The number of esters is 1. The van der Waals surface area contributed by atoms with E-state index in [-0.39, 0.29) is 12.2 Å². The lowest BCUT2D eigenvalue weighted by molar-refractivity contribution is -0.156. The molecule has 0 N–H and O–H groups in total. The third-order valence-corrected chi connectivity index (χ3v) is 2.55. The minimum atomic E-state index is -0.521. The molecule has 0 aromatic rings. The van der Waals surface area contributed by atoms with Crippen LogP contribution in [-0.2, 0) is 14.3 Å². The van der Waals surface area contributed by atoms with Crippen molar-refractivity contribution < 1.29 is 14.3 Å². The summed E-state index contributed by atoms with van der Waals surface area (Å²) in [5.41, 5.74) is 0.777. The van der Waals surface area contributed by atoms with Crippen LogP contribution in [-0.4, -0.2) is 17.4 Å². The third-order valence-electron chi connectivity index (χ3n) is 2.55. The molecule has 19 heavy (non-hydrogen) atoms. The third kappa shape index (κ3) is 11.7. The van der Waals surface area contributed by atoms with Crippen molar-refractivity contribution in [1.82, 2.24) is 0 Å². The summed E-state index contributed by atoms with van der Waals surface area (Å²) < 4.78 is 5.13. The van der Waals surface area contributed by atoms with E-state index in [0.717, 1.165) is 12.8 Å². The van der Waals surface area contributed by atoms with E-state index in [4.69, 9.17) is 4.74 Å². The van der Waals surface area contributed by atoms with Gasteiger partial charge in [-0.1, -0.05) is 18.6 Å². The Kier molecular flexibility index (Phi) is 7.65. The quantitative estimate of drug-likeness (QED) is 0.397. The first-order valence-electron chi connectivity index (χ1n) is 6.97. The number of hydrogen-bond donors (Lipinski definition) is 0. The summed E-state index contributed by atoms with van der Waals surface area (Å²) in [5.74, 6) is -0.140. The van der Waals surface area contributed by atoms with Gasteiger partial charge in [-0.25, -0.2) is 0 Å². The molecule has 0 aliphatic rings. The molecule has 0 heterocycles. The van der Waals surface area contributed by atoms with Crippen LogP contribution in [0.2, 0.25) is 0 Å². The lowest BCUT2D eigenvalue weighted by atomic mass is 9.97. The van der Waals surface area contributed by atoms with Crippen LogP contribution in [0.1, 0.15) is 67.2 Å². The standard InChI is InChI=1S/C16H28O3/c1-12(2)8-7-9-13(3)10-14(17)11-15(18)19-16(4,5)6/h8,13H,7,9-11H2,1-6H3/t13-/m1/s1. The molecule has 0 radical (unpaired) electrons. The topological polar surface area (TPSA) is 43.4 Å². The van der Waals surface area contributed by atoms with Gasteiger partial charge in [-0.05, 0) is 53.4 Å². The second kappa shape index (κ2) is 8.13. The van der Waals surface area contributed by atoms with Gasteiger partial charge < -0.3 is 4.74 Å². The van der Waals surface area contributed by atoms with Crippen molar-refractivity contribution in [3.8, 4) is 0 Å². The van der Waals surface area contributed by atoms with E-state index in [1.54, 1.807) is 20.8 Å². The van der Waals surface area contributed by atoms with Crippen LogP contribution in [0.4, 0.5) is 0 Å². The molecule has 0 unspecified atom stereocenters. The first-order chi connectivity index (χ1) is 8.60. The van der Waals surface area contributed by atoms with Gasteiger partial charge in [-0.15, -0.1) is 0 Å². The van der Waals surface area contributed by atoms with Crippen LogP contribution in [0.25, 0.3) is 0 Å². The molecular weight excluding hydrogens is 240 g/mol. The van der Waals surface area contributed by atoms with Gasteiger partial charge in [0.15, 0.2) is 0 Å². The van der Waals surface area contributed by atoms with Gasteiger partial charge in [-0.2, -0.15) is 0 Å². The Balaban J connectivity index is 3.97. The number of ether oxygens (including phenoxy) is 1. The summed E-state index contributed by atoms with van der Waals surface area (Å²) in [6.45, 7) is 11.6. The molecule has 3 nitrogen and oxygen atoms in total. The van der Waals surface area contributed by atoms with Crippen molar-refractivity contribution in [2.45, 2.75) is 72.8 Å². The van der Waals surface area contributed by atoms with Crippen molar-refractivity contribution in [1.29, 1.82) is 0 Å². The smallest absolute Gasteiger partial charge is 0.313 e. The van der Waals surface area contributed by atoms with Crippen molar-refractivity contribution in [2.75, 3.05) is 0 Å². The van der Waals surface area contributed by atoms with Crippen LogP contribution >= 0.6 is 0 Å². The molecule has 0 fully saturated rings. The zero-order valence-corrected chi connectivity index (χ0v) is 13.2. The highest BCUT2D eigenvalue weighted by molar-refractivity contribution is 5.95. The summed E-state index contributed by atoms with van der Waals surface area (Å²) in [7, 11) is 0. The fourth-order valence-electron chi connectivity index (χ4n) is 1.76. The maximum Gasteiger partial charge on any atom is 0.313 e. The Hall–Kier alpha value is -1.12. The molecule has 0 bridgehead atoms. The molecule has 1 atom stereocenters. The van der Waals surface area contributed by atoms with Crippen molar-refractivity contribution in [2.24, 2.45) is 5.92 Å². The predicted octanol–water partition coefficient (Wildman–Crippen LogP) is 4.06. The molecule has 0 aromatic carbocycles. The number of hydrogen-bond acceptors (Lipinski definition) is 3. The van der Waals surface area contributed by atoms with Gasteiger partial charge in [0.05, 0.1) is 0 Å². The van der Waals surface area contributed by atoms with Gasteiger partial charge in [0.1, 0.15) is 17.8 Å². The van der Waals surface area contributed by atoms with Crippen molar-refractivity contribution >= 4 is 11.8 Å². The highest BCUT2D eigenvalue weighted by Gasteiger charge is 2.19. The highest BCUT2D eigenvalue weighted by atomic mass is 16.6. The van der Waals surface area contributed by atoms with Gasteiger partial charge in [0.2, 0.25) is 0 Å². The van der Waals surface area contributed by atoms with Crippen LogP contribution < -0.4 is 0 Å². The van der Waals surface area contributed by atoms with Crippen LogP contribution in [0.3, 0.4) is 0 Å². The number of allylic oxidation sites excluding steroid dienone is 2. The monoisotopic (exact) mass is 268 g/mol. The second-order valence-electron chi connectivity index (χ2n) is 6.47. The van der Waals surface area contributed by atoms with Crippen LogP contribution in [0.5, 0.6) is 0 Å². The molecule has 0 saturated heterocycles. The molecule has 0 aliphatic heterocycles. The fraction of sp³-hybridized carbons (Fsp3) is 0.750. The van der Waals surface area contributed by atoms with Crippen molar-refractivity contribution in [3.63, 3.8) is 0 Å². The summed E-state index contributed by atoms with van der Waals surface area (Å²) in [5, 5.41) is 0. The number of carbonyl (C=O) groups is 2. The Bertz CT molecular complexity index is 330. The molecule has 0 aromatic heterocycles. The van der Waals surface area contributed by atoms with E-state index < -0.39 is 11.6 Å². The van der Waals surface area contributed by atoms with E-state index in [0.29, 0.717) is 12.3 Å². The summed E-state index contributed by atoms with van der Waals surface area (Å²) in [6.07, 6.45) is 4.49. The van der Waals surface area contributed by atoms with Gasteiger partial charge in [0, 0.05) is 6.42 Å². The maximum absolute atomic E-state index is 11.7. The lowest BCUT2D eigenvalue weighted by Crippen LogP contribution is -2.25. The summed E-state index contributed by atoms with van der Waals surface area (Å²) >= 11 is 0. The Morgan fingerprint density at radius 2 is 1.79 bits per heavy atom. The average molecular weight is 268 g/mol. The average Bonchev–Trinajstić information content (AvgIpc) is 2.12. The molecule has 110 valence electrons. The minimum Gasteiger partial charge on any atom is -0.460 e. The van der Waals surface area contributed by atoms with E-state index in [1.165, 1.54) is 5.57 Å². The zero-order valence-electron chi connectivity index (χ0n) is 13.2. The Labute approximate surface area is 117 Å². The van der Waals surface area contributed by atoms with E-state index in [9.17, 15) is 9.59 Å². The van der Waals surface area contributed by atoms with Gasteiger partial charge in [-0.3, -0.25) is 9.59 Å². The SMILES string of the molecule is CC(C)=CCC[C@@H](C)CC(=O)CC(=O)OC(C)(C)C. The Morgan fingerprint density at radius 3 is 2.26 bits per heavy atom. The summed E-state index contributed by atoms with van der Waals surface area (Å²) in [4.78, 5) is 23.2.